The summed E-state index contributed by atoms with van der Waals surface area (Å²) in [5.41, 5.74) is 1.01. The number of halogens is 3. The molecular weight excluding hydrogens is 543 g/mol. The number of carbonyl (C=O) groups is 2. The predicted molar refractivity (Wildman–Crippen MR) is 147 cm³/mol. The van der Waals surface area contributed by atoms with E-state index in [0.29, 0.717) is 22.4 Å². The highest BCUT2D eigenvalue weighted by Gasteiger charge is 2.33. The maximum atomic E-state index is 14.0. The number of nitrogens with zero attached hydrogens (tertiary/aromatic N) is 2. The second-order valence-electron chi connectivity index (χ2n) is 9.54. The van der Waals surface area contributed by atoms with Crippen LogP contribution in [0.15, 0.2) is 72.8 Å². The molecule has 3 rings (SSSR count). The van der Waals surface area contributed by atoms with Crippen molar-refractivity contribution in [3.63, 3.8) is 0 Å². The van der Waals surface area contributed by atoms with Crippen molar-refractivity contribution in [2.24, 2.45) is 0 Å². The van der Waals surface area contributed by atoms with Gasteiger partial charge in [-0.3, -0.25) is 13.9 Å². The van der Waals surface area contributed by atoms with Crippen LogP contribution in [-0.2, 0) is 32.6 Å². The molecule has 2 atom stereocenters. The number of hydrogen-bond acceptors (Lipinski definition) is 4. The molecule has 0 aliphatic carbocycles. The van der Waals surface area contributed by atoms with E-state index in [9.17, 15) is 31.2 Å². The average molecular weight is 576 g/mol. The lowest BCUT2D eigenvalue weighted by Gasteiger charge is -2.34. The molecular formula is C29H32F3N3O4S. The second-order valence-corrected chi connectivity index (χ2v) is 11.4. The first-order valence-electron chi connectivity index (χ1n) is 12.7. The lowest BCUT2D eigenvalue weighted by molar-refractivity contribution is -0.140. The molecule has 7 nitrogen and oxygen atoms in total. The minimum absolute atomic E-state index is 0.111. The van der Waals surface area contributed by atoms with Crippen LogP contribution in [0.2, 0.25) is 0 Å². The minimum atomic E-state index is -4.14. The summed E-state index contributed by atoms with van der Waals surface area (Å²) in [4.78, 5) is 28.7. The van der Waals surface area contributed by atoms with Gasteiger partial charge in [0.15, 0.2) is 11.6 Å². The van der Waals surface area contributed by atoms with Crippen molar-refractivity contribution in [2.75, 3.05) is 17.1 Å². The van der Waals surface area contributed by atoms with E-state index in [0.717, 1.165) is 24.0 Å². The first kappa shape index (κ1) is 30.7. The van der Waals surface area contributed by atoms with Crippen molar-refractivity contribution < 1.29 is 31.2 Å². The molecule has 0 heterocycles. The third-order valence-electron chi connectivity index (χ3n) is 6.41. The van der Waals surface area contributed by atoms with Gasteiger partial charge in [0.2, 0.25) is 21.8 Å². The third-order valence-corrected chi connectivity index (χ3v) is 7.55. The molecule has 214 valence electrons. The molecule has 0 bridgehead atoms. The number of carbonyl (C=O) groups excluding carboxylic acids is 2. The highest BCUT2D eigenvalue weighted by atomic mass is 32.2. The maximum Gasteiger partial charge on any atom is 0.244 e. The summed E-state index contributed by atoms with van der Waals surface area (Å²) in [6.07, 6.45) is 1.58. The zero-order valence-electron chi connectivity index (χ0n) is 22.5. The quantitative estimate of drug-likeness (QED) is 0.346. The molecule has 2 amide bonds. The Morgan fingerprint density at radius 3 is 2.12 bits per heavy atom. The van der Waals surface area contributed by atoms with E-state index in [2.05, 4.69) is 5.32 Å². The molecule has 0 aliphatic heterocycles. The molecule has 0 radical (unpaired) electrons. The van der Waals surface area contributed by atoms with Gasteiger partial charge in [0, 0.05) is 25.1 Å². The van der Waals surface area contributed by atoms with Gasteiger partial charge in [0.1, 0.15) is 18.4 Å². The zero-order chi connectivity index (χ0) is 29.4. The number of rotatable bonds is 12. The Morgan fingerprint density at radius 1 is 0.900 bits per heavy atom. The van der Waals surface area contributed by atoms with Crippen LogP contribution in [0.25, 0.3) is 0 Å². The van der Waals surface area contributed by atoms with E-state index in [4.69, 9.17) is 0 Å². The number of sulfonamides is 1. The molecule has 0 aliphatic rings. The highest BCUT2D eigenvalue weighted by Crippen LogP contribution is 2.22. The normalized spacial score (nSPS) is 12.8. The first-order valence-corrected chi connectivity index (χ1v) is 14.5. The predicted octanol–water partition coefficient (Wildman–Crippen LogP) is 4.42. The minimum Gasteiger partial charge on any atom is -0.352 e. The van der Waals surface area contributed by atoms with Crippen LogP contribution < -0.4 is 9.62 Å². The Labute approximate surface area is 232 Å². The Hall–Kier alpha value is -3.86. The van der Waals surface area contributed by atoms with Gasteiger partial charge in [0.05, 0.1) is 11.9 Å². The van der Waals surface area contributed by atoms with E-state index in [1.807, 2.05) is 19.9 Å². The smallest absolute Gasteiger partial charge is 0.244 e. The Morgan fingerprint density at radius 2 is 1.55 bits per heavy atom. The van der Waals surface area contributed by atoms with Gasteiger partial charge in [-0.25, -0.2) is 21.6 Å². The fourth-order valence-electron chi connectivity index (χ4n) is 4.04. The van der Waals surface area contributed by atoms with Crippen molar-refractivity contribution in [2.45, 2.75) is 45.3 Å². The summed E-state index contributed by atoms with van der Waals surface area (Å²) in [6.45, 7) is 2.79. The van der Waals surface area contributed by atoms with Crippen LogP contribution in [0, 0.1) is 17.5 Å². The zero-order valence-corrected chi connectivity index (χ0v) is 23.3. The molecule has 0 aromatic heterocycles. The maximum absolute atomic E-state index is 14.0. The Bertz CT molecular complexity index is 1420. The lowest BCUT2D eigenvalue weighted by Crippen LogP contribution is -2.54. The summed E-state index contributed by atoms with van der Waals surface area (Å²) in [5, 5.41) is 2.89. The Balaban J connectivity index is 2.06. The molecule has 1 N–H and O–H groups in total. The summed E-state index contributed by atoms with van der Waals surface area (Å²) >= 11 is 0. The van der Waals surface area contributed by atoms with Crippen LogP contribution >= 0.6 is 0 Å². The number of benzene rings is 3. The first-order chi connectivity index (χ1) is 18.9. The van der Waals surface area contributed by atoms with Crippen LogP contribution in [-0.4, -0.2) is 50.0 Å². The molecule has 40 heavy (non-hydrogen) atoms. The molecule has 0 fully saturated rings. The van der Waals surface area contributed by atoms with Crippen molar-refractivity contribution in [3.8, 4) is 0 Å². The topological polar surface area (TPSA) is 86.8 Å². The number of hydrogen-bond donors (Lipinski definition) is 1. The van der Waals surface area contributed by atoms with E-state index in [1.165, 1.54) is 29.2 Å². The number of amides is 2. The van der Waals surface area contributed by atoms with Crippen LogP contribution in [0.3, 0.4) is 0 Å². The fourth-order valence-corrected chi connectivity index (χ4v) is 4.88. The van der Waals surface area contributed by atoms with Crippen LogP contribution in [0.5, 0.6) is 0 Å². The van der Waals surface area contributed by atoms with Gasteiger partial charge in [-0.1, -0.05) is 49.4 Å². The summed E-state index contributed by atoms with van der Waals surface area (Å²) in [6, 6.07) is 15.6. The molecule has 0 spiro atoms. The highest BCUT2D eigenvalue weighted by molar-refractivity contribution is 7.92. The van der Waals surface area contributed by atoms with Gasteiger partial charge < -0.3 is 10.2 Å². The van der Waals surface area contributed by atoms with Crippen molar-refractivity contribution in [3.05, 3.63) is 101 Å². The van der Waals surface area contributed by atoms with Gasteiger partial charge in [-0.05, 0) is 48.7 Å². The van der Waals surface area contributed by atoms with E-state index < -0.39 is 51.9 Å². The summed E-state index contributed by atoms with van der Waals surface area (Å²) in [7, 11) is -4.14. The van der Waals surface area contributed by atoms with Crippen molar-refractivity contribution in [1.82, 2.24) is 10.2 Å². The monoisotopic (exact) mass is 575 g/mol. The molecule has 3 aromatic carbocycles. The number of anilines is 1. The molecule has 0 saturated heterocycles. The molecule has 11 heteroatoms. The summed E-state index contributed by atoms with van der Waals surface area (Å²) < 4.78 is 67.2. The van der Waals surface area contributed by atoms with Gasteiger partial charge in [0.25, 0.3) is 0 Å². The van der Waals surface area contributed by atoms with Crippen LogP contribution in [0.1, 0.15) is 31.4 Å². The summed E-state index contributed by atoms with van der Waals surface area (Å²) in [5.74, 6) is -4.16. The fraction of sp³-hybridized carbons (Fsp3) is 0.310. The van der Waals surface area contributed by atoms with Gasteiger partial charge in [-0.2, -0.15) is 0 Å². The lowest BCUT2D eigenvalue weighted by atomic mass is 10.0. The molecule has 0 unspecified atom stereocenters. The van der Waals surface area contributed by atoms with E-state index in [1.54, 1.807) is 24.3 Å². The standard InChI is InChI=1S/C29H32F3N3O4S/c1-4-20(2)33-29(37)27(16-21-8-6-5-7-9-21)34(18-22-10-12-23(30)13-11-22)28(36)19-35(40(3,38)39)24-14-15-25(31)26(32)17-24/h5-15,17,20,27H,4,16,18-19H2,1-3H3,(H,33,37)/t20-,27-/m1/s1. The van der Waals surface area contributed by atoms with E-state index >= 15 is 0 Å². The SMILES string of the molecule is CC[C@@H](C)NC(=O)[C@@H](Cc1ccccc1)N(Cc1ccc(F)cc1)C(=O)CN(c1ccc(F)c(F)c1)S(C)(=O)=O. The average Bonchev–Trinajstić information content (AvgIpc) is 2.91. The van der Waals surface area contributed by atoms with Gasteiger partial charge in [-0.15, -0.1) is 0 Å². The number of nitrogens with one attached hydrogen (secondary N) is 1. The molecule has 0 saturated carbocycles. The van der Waals surface area contributed by atoms with E-state index in [-0.39, 0.29) is 24.7 Å². The van der Waals surface area contributed by atoms with Crippen molar-refractivity contribution >= 4 is 27.5 Å². The van der Waals surface area contributed by atoms with Gasteiger partial charge >= 0.3 is 0 Å². The molecule has 3 aromatic rings. The van der Waals surface area contributed by atoms with Crippen LogP contribution in [0.4, 0.5) is 18.9 Å². The van der Waals surface area contributed by atoms with Crippen molar-refractivity contribution in [1.29, 1.82) is 0 Å². The second kappa shape index (κ2) is 13.5. The Kier molecular flexibility index (Phi) is 10.3. The largest absolute Gasteiger partial charge is 0.352 e. The third kappa shape index (κ3) is 8.32.